The SMILES string of the molecule is CCCCC(C)OC(=O)[C@@H](NCCCOc1ccc(-n2c(N)c(C(=O)c3ccc(F)cc3)ccc2=O)cc1)c1ccccc1. The summed E-state index contributed by atoms with van der Waals surface area (Å²) < 4.78 is 26.1. The quantitative estimate of drug-likeness (QED) is 0.0978. The Labute approximate surface area is 256 Å². The fourth-order valence-electron chi connectivity index (χ4n) is 4.77. The molecule has 0 bridgehead atoms. The maximum absolute atomic E-state index is 13.3. The van der Waals surface area contributed by atoms with E-state index in [2.05, 4.69) is 12.2 Å². The summed E-state index contributed by atoms with van der Waals surface area (Å²) in [7, 11) is 0. The fourth-order valence-corrected chi connectivity index (χ4v) is 4.77. The molecule has 0 amide bonds. The number of aromatic nitrogens is 1. The Kier molecular flexibility index (Phi) is 11.4. The average molecular weight is 600 g/mol. The summed E-state index contributed by atoms with van der Waals surface area (Å²) >= 11 is 0. The monoisotopic (exact) mass is 599 g/mol. The number of halogens is 1. The van der Waals surface area contributed by atoms with Gasteiger partial charge in [-0.3, -0.25) is 14.2 Å². The zero-order chi connectivity index (χ0) is 31.5. The van der Waals surface area contributed by atoms with Crippen molar-refractivity contribution >= 4 is 17.6 Å². The molecular formula is C35H38FN3O5. The van der Waals surface area contributed by atoms with Crippen molar-refractivity contribution in [1.29, 1.82) is 0 Å². The molecule has 3 aromatic carbocycles. The third kappa shape index (κ3) is 8.41. The van der Waals surface area contributed by atoms with Gasteiger partial charge in [-0.1, -0.05) is 50.1 Å². The smallest absolute Gasteiger partial charge is 0.328 e. The number of benzene rings is 3. The van der Waals surface area contributed by atoms with Gasteiger partial charge in [-0.05, 0) is 86.5 Å². The van der Waals surface area contributed by atoms with Crippen LogP contribution in [0.5, 0.6) is 5.75 Å². The molecule has 0 radical (unpaired) electrons. The van der Waals surface area contributed by atoms with Gasteiger partial charge in [0.15, 0.2) is 5.78 Å². The van der Waals surface area contributed by atoms with Crippen molar-refractivity contribution in [3.63, 3.8) is 0 Å². The first-order chi connectivity index (χ1) is 21.3. The summed E-state index contributed by atoms with van der Waals surface area (Å²) in [5.74, 6) is -0.602. The molecule has 3 N–H and O–H groups in total. The number of pyridine rings is 1. The third-order valence-corrected chi connectivity index (χ3v) is 7.16. The molecule has 9 heteroatoms. The second-order valence-electron chi connectivity index (χ2n) is 10.5. The van der Waals surface area contributed by atoms with E-state index >= 15 is 0 Å². The van der Waals surface area contributed by atoms with E-state index < -0.39 is 23.2 Å². The molecule has 0 saturated carbocycles. The first kappa shape index (κ1) is 32.2. The van der Waals surface area contributed by atoms with Crippen molar-refractivity contribution in [3.8, 4) is 11.4 Å². The predicted molar refractivity (Wildman–Crippen MR) is 169 cm³/mol. The van der Waals surface area contributed by atoms with Crippen LogP contribution in [0.4, 0.5) is 10.2 Å². The molecule has 0 aliphatic rings. The summed E-state index contributed by atoms with van der Waals surface area (Å²) in [5, 5.41) is 3.30. The molecule has 0 fully saturated rings. The van der Waals surface area contributed by atoms with Crippen molar-refractivity contribution < 1.29 is 23.5 Å². The number of nitrogens with one attached hydrogen (secondary N) is 1. The number of ether oxygens (including phenoxy) is 2. The maximum Gasteiger partial charge on any atom is 0.328 e. The number of carbonyl (C=O) groups excluding carboxylic acids is 2. The van der Waals surface area contributed by atoms with Gasteiger partial charge in [0.05, 0.1) is 24.0 Å². The molecular weight excluding hydrogens is 561 g/mol. The number of carbonyl (C=O) groups is 2. The van der Waals surface area contributed by atoms with Crippen LogP contribution < -0.4 is 21.3 Å². The van der Waals surface area contributed by atoms with E-state index in [1.807, 2.05) is 37.3 Å². The van der Waals surface area contributed by atoms with Crippen molar-refractivity contribution in [1.82, 2.24) is 9.88 Å². The van der Waals surface area contributed by atoms with E-state index in [0.29, 0.717) is 31.0 Å². The molecule has 4 rings (SSSR count). The van der Waals surface area contributed by atoms with Crippen molar-refractivity contribution in [2.45, 2.75) is 51.7 Å². The molecule has 4 aromatic rings. The van der Waals surface area contributed by atoms with Gasteiger partial charge in [0.25, 0.3) is 5.56 Å². The molecule has 1 unspecified atom stereocenters. The highest BCUT2D eigenvalue weighted by Crippen LogP contribution is 2.22. The van der Waals surface area contributed by atoms with E-state index in [1.165, 1.54) is 41.0 Å². The second kappa shape index (κ2) is 15.6. The lowest BCUT2D eigenvalue weighted by Crippen LogP contribution is -2.33. The minimum atomic E-state index is -0.575. The van der Waals surface area contributed by atoms with E-state index in [4.69, 9.17) is 15.2 Å². The van der Waals surface area contributed by atoms with Gasteiger partial charge in [-0.15, -0.1) is 0 Å². The first-order valence-electron chi connectivity index (χ1n) is 14.8. The highest BCUT2D eigenvalue weighted by molar-refractivity contribution is 6.11. The number of ketones is 1. The van der Waals surface area contributed by atoms with Gasteiger partial charge in [0.2, 0.25) is 0 Å². The number of hydrogen-bond acceptors (Lipinski definition) is 7. The predicted octanol–water partition coefficient (Wildman–Crippen LogP) is 6.01. The summed E-state index contributed by atoms with van der Waals surface area (Å²) in [6.07, 6.45) is 3.36. The molecule has 8 nitrogen and oxygen atoms in total. The van der Waals surface area contributed by atoms with Crippen molar-refractivity contribution in [3.05, 3.63) is 124 Å². The lowest BCUT2D eigenvalue weighted by atomic mass is 10.0. The normalized spacial score (nSPS) is 12.3. The van der Waals surface area contributed by atoms with Crippen LogP contribution in [0.2, 0.25) is 0 Å². The van der Waals surface area contributed by atoms with Crippen LogP contribution in [0.25, 0.3) is 5.69 Å². The van der Waals surface area contributed by atoms with Crippen LogP contribution in [0.1, 0.15) is 67.1 Å². The Morgan fingerprint density at radius 1 is 0.932 bits per heavy atom. The molecule has 1 aromatic heterocycles. The molecule has 44 heavy (non-hydrogen) atoms. The lowest BCUT2D eigenvalue weighted by Gasteiger charge is -2.21. The van der Waals surface area contributed by atoms with Gasteiger partial charge in [-0.25, -0.2) is 9.18 Å². The average Bonchev–Trinajstić information content (AvgIpc) is 3.03. The lowest BCUT2D eigenvalue weighted by molar-refractivity contribution is -0.151. The largest absolute Gasteiger partial charge is 0.494 e. The van der Waals surface area contributed by atoms with Crippen LogP contribution in [0.3, 0.4) is 0 Å². The van der Waals surface area contributed by atoms with Crippen LogP contribution in [-0.4, -0.2) is 35.6 Å². The maximum atomic E-state index is 13.3. The second-order valence-corrected chi connectivity index (χ2v) is 10.5. The molecule has 0 spiro atoms. The number of nitrogens with zero attached hydrogens (tertiary/aromatic N) is 1. The van der Waals surface area contributed by atoms with Gasteiger partial charge in [-0.2, -0.15) is 0 Å². The van der Waals surface area contributed by atoms with Crippen molar-refractivity contribution in [2.75, 3.05) is 18.9 Å². The number of rotatable bonds is 15. The van der Waals surface area contributed by atoms with Gasteiger partial charge in [0.1, 0.15) is 23.4 Å². The van der Waals surface area contributed by atoms with Gasteiger partial charge < -0.3 is 20.5 Å². The number of hydrogen-bond donors (Lipinski definition) is 2. The third-order valence-electron chi connectivity index (χ3n) is 7.16. The summed E-state index contributed by atoms with van der Waals surface area (Å²) in [4.78, 5) is 38.6. The first-order valence-corrected chi connectivity index (χ1v) is 14.8. The molecule has 0 aliphatic carbocycles. The Bertz CT molecular complexity index is 1590. The zero-order valence-corrected chi connectivity index (χ0v) is 25.0. The minimum Gasteiger partial charge on any atom is -0.494 e. The molecule has 1 heterocycles. The van der Waals surface area contributed by atoms with Crippen LogP contribution >= 0.6 is 0 Å². The van der Waals surface area contributed by atoms with Gasteiger partial charge in [0, 0.05) is 11.6 Å². The number of anilines is 1. The van der Waals surface area contributed by atoms with E-state index in [-0.39, 0.29) is 29.0 Å². The standard InChI is InChI=1S/C35H38FN3O5/c1-3-4-9-24(2)44-35(42)32(25-10-6-5-7-11-25)38-22-8-23-43-29-18-16-28(17-19-29)39-31(40)21-20-30(34(39)37)33(41)26-12-14-27(36)15-13-26/h5-7,10-21,24,32,38H,3-4,8-9,22-23,37H2,1-2H3/t24?,32-/m0/s1. The molecule has 0 aliphatic heterocycles. The van der Waals surface area contributed by atoms with E-state index in [0.717, 1.165) is 24.8 Å². The van der Waals surface area contributed by atoms with E-state index in [9.17, 15) is 18.8 Å². The Hall–Kier alpha value is -4.76. The summed E-state index contributed by atoms with van der Waals surface area (Å²) in [6.45, 7) is 4.94. The Morgan fingerprint density at radius 3 is 2.32 bits per heavy atom. The van der Waals surface area contributed by atoms with E-state index in [1.54, 1.807) is 24.3 Å². The molecule has 230 valence electrons. The highest BCUT2D eigenvalue weighted by Gasteiger charge is 2.23. The fraction of sp³-hybridized carbons (Fsp3) is 0.286. The molecule has 0 saturated heterocycles. The number of nitrogens with two attached hydrogens (primary N) is 1. The van der Waals surface area contributed by atoms with Crippen LogP contribution in [-0.2, 0) is 9.53 Å². The van der Waals surface area contributed by atoms with Crippen LogP contribution in [0.15, 0.2) is 95.8 Å². The highest BCUT2D eigenvalue weighted by atomic mass is 19.1. The minimum absolute atomic E-state index is 0.0159. The number of esters is 1. The molecule has 2 atom stereocenters. The zero-order valence-electron chi connectivity index (χ0n) is 25.0. The summed E-state index contributed by atoms with van der Waals surface area (Å²) in [5.41, 5.74) is 7.57. The Morgan fingerprint density at radius 2 is 1.64 bits per heavy atom. The topological polar surface area (TPSA) is 113 Å². The van der Waals surface area contributed by atoms with Crippen LogP contribution in [0, 0.1) is 5.82 Å². The van der Waals surface area contributed by atoms with Gasteiger partial charge >= 0.3 is 5.97 Å². The number of unbranched alkanes of at least 4 members (excludes halogenated alkanes) is 1. The summed E-state index contributed by atoms with van der Waals surface area (Å²) in [6, 6.07) is 23.5. The number of nitrogen functional groups attached to an aromatic ring is 1. The van der Waals surface area contributed by atoms with Crippen molar-refractivity contribution in [2.24, 2.45) is 0 Å². The Balaban J connectivity index is 1.35.